The molecule has 0 spiro atoms. The van der Waals surface area contributed by atoms with Crippen LogP contribution in [-0.2, 0) is 17.4 Å². The van der Waals surface area contributed by atoms with Crippen molar-refractivity contribution in [2.24, 2.45) is 0 Å². The van der Waals surface area contributed by atoms with E-state index in [-0.39, 0.29) is 12.0 Å². The van der Waals surface area contributed by atoms with Gasteiger partial charge in [-0.3, -0.25) is 9.78 Å². The Labute approximate surface area is 203 Å². The number of alkyl halides is 3. The minimum Gasteiger partial charge on any atom is -0.493 e. The Kier molecular flexibility index (Phi) is 6.96. The van der Waals surface area contributed by atoms with Crippen LogP contribution in [0, 0.1) is 5.82 Å². The first-order valence-corrected chi connectivity index (χ1v) is 10.6. The van der Waals surface area contributed by atoms with Gasteiger partial charge in [-0.1, -0.05) is 6.07 Å². The van der Waals surface area contributed by atoms with Crippen molar-refractivity contribution in [3.05, 3.63) is 83.8 Å². The molecule has 6 nitrogen and oxygen atoms in total. The van der Waals surface area contributed by atoms with Gasteiger partial charge >= 0.3 is 6.18 Å². The second-order valence-electron chi connectivity index (χ2n) is 7.70. The molecule has 0 fully saturated rings. The lowest BCUT2D eigenvalue weighted by Gasteiger charge is -2.13. The van der Waals surface area contributed by atoms with Crippen LogP contribution in [0.5, 0.6) is 23.0 Å². The van der Waals surface area contributed by atoms with E-state index in [1.54, 1.807) is 48.7 Å². The summed E-state index contributed by atoms with van der Waals surface area (Å²) >= 11 is 0. The highest BCUT2D eigenvalue weighted by Crippen LogP contribution is 2.37. The summed E-state index contributed by atoms with van der Waals surface area (Å²) in [6.07, 6.45) is -3.60. The van der Waals surface area contributed by atoms with Gasteiger partial charge in [-0.25, -0.2) is 4.39 Å². The van der Waals surface area contributed by atoms with E-state index in [9.17, 15) is 22.4 Å². The summed E-state index contributed by atoms with van der Waals surface area (Å²) in [5.74, 6) is 0.110. The number of halogens is 4. The molecule has 1 amide bonds. The van der Waals surface area contributed by atoms with E-state index in [2.05, 4.69) is 10.3 Å². The third-order valence-electron chi connectivity index (χ3n) is 5.27. The summed E-state index contributed by atoms with van der Waals surface area (Å²) in [5.41, 5.74) is -0.313. The molecule has 1 aromatic heterocycles. The van der Waals surface area contributed by atoms with Gasteiger partial charge in [0, 0.05) is 23.3 Å². The number of nitrogens with one attached hydrogen (secondary N) is 1. The molecular weight excluding hydrogens is 480 g/mol. The molecule has 36 heavy (non-hydrogen) atoms. The second kappa shape index (κ2) is 10.1. The number of fused-ring (bicyclic) bond motifs is 1. The number of pyridine rings is 1. The summed E-state index contributed by atoms with van der Waals surface area (Å²) in [7, 11) is 3.06. The number of rotatable bonds is 7. The monoisotopic (exact) mass is 500 g/mol. The van der Waals surface area contributed by atoms with Crippen LogP contribution in [-0.4, -0.2) is 25.1 Å². The van der Waals surface area contributed by atoms with Crippen LogP contribution in [0.25, 0.3) is 10.9 Å². The highest BCUT2D eigenvalue weighted by Gasteiger charge is 2.34. The highest BCUT2D eigenvalue weighted by molar-refractivity contribution is 5.92. The first-order chi connectivity index (χ1) is 17.2. The fourth-order valence-corrected chi connectivity index (χ4v) is 3.56. The highest BCUT2D eigenvalue weighted by atomic mass is 19.4. The third kappa shape index (κ3) is 5.48. The number of carbonyl (C=O) groups excluding carboxylic acids is 1. The van der Waals surface area contributed by atoms with Crippen molar-refractivity contribution in [3.8, 4) is 23.0 Å². The van der Waals surface area contributed by atoms with Crippen molar-refractivity contribution in [2.75, 3.05) is 19.5 Å². The number of nitrogens with zero attached hydrogens (tertiary/aromatic N) is 1. The van der Waals surface area contributed by atoms with E-state index in [1.807, 2.05) is 0 Å². The number of ether oxygens (including phenoxy) is 3. The second-order valence-corrected chi connectivity index (χ2v) is 7.70. The Morgan fingerprint density at radius 3 is 2.28 bits per heavy atom. The summed E-state index contributed by atoms with van der Waals surface area (Å²) in [6.45, 7) is 0. The molecule has 0 bridgehead atoms. The summed E-state index contributed by atoms with van der Waals surface area (Å²) < 4.78 is 68.8. The van der Waals surface area contributed by atoms with Crippen molar-refractivity contribution in [1.29, 1.82) is 0 Å². The van der Waals surface area contributed by atoms with Gasteiger partial charge in [-0.2, -0.15) is 13.2 Å². The zero-order valence-corrected chi connectivity index (χ0v) is 19.2. The van der Waals surface area contributed by atoms with Gasteiger partial charge in [-0.15, -0.1) is 0 Å². The minimum absolute atomic E-state index is 0.0396. The van der Waals surface area contributed by atoms with E-state index >= 15 is 0 Å². The first-order valence-electron chi connectivity index (χ1n) is 10.6. The SMILES string of the molecule is COc1cc2nccc(Oc3ccc(NC(=O)Cc4ccc(F)c(C(F)(F)F)c4)cc3)c2cc1OC. The zero-order chi connectivity index (χ0) is 25.9. The number of amides is 1. The maximum Gasteiger partial charge on any atom is 0.419 e. The molecule has 3 aromatic carbocycles. The van der Waals surface area contributed by atoms with Gasteiger partial charge in [0.15, 0.2) is 11.5 Å². The van der Waals surface area contributed by atoms with Crippen LogP contribution < -0.4 is 19.5 Å². The lowest BCUT2D eigenvalue weighted by atomic mass is 10.1. The summed E-state index contributed by atoms with van der Waals surface area (Å²) in [6, 6.07) is 14.1. The molecule has 1 heterocycles. The molecule has 4 aromatic rings. The van der Waals surface area contributed by atoms with Crippen LogP contribution in [0.1, 0.15) is 11.1 Å². The largest absolute Gasteiger partial charge is 0.493 e. The Morgan fingerprint density at radius 2 is 1.61 bits per heavy atom. The van der Waals surface area contributed by atoms with Gasteiger partial charge in [0.25, 0.3) is 0 Å². The Balaban J connectivity index is 1.46. The maximum atomic E-state index is 13.5. The van der Waals surface area contributed by atoms with Gasteiger partial charge in [0.05, 0.1) is 31.7 Å². The molecule has 0 unspecified atom stereocenters. The van der Waals surface area contributed by atoms with Gasteiger partial charge < -0.3 is 19.5 Å². The van der Waals surface area contributed by atoms with Crippen molar-refractivity contribution < 1.29 is 36.6 Å². The van der Waals surface area contributed by atoms with Crippen LogP contribution in [0.15, 0.2) is 66.9 Å². The standard InChI is InChI=1S/C26H20F4N2O4/c1-34-23-13-18-21(14-24(23)35-2)31-10-9-22(18)36-17-6-4-16(5-7-17)32-25(33)12-15-3-8-20(27)19(11-15)26(28,29)30/h3-11,13-14H,12H2,1-2H3,(H,32,33). The van der Waals surface area contributed by atoms with Crippen LogP contribution in [0.3, 0.4) is 0 Å². The molecule has 0 radical (unpaired) electrons. The number of carbonyl (C=O) groups is 1. The zero-order valence-electron chi connectivity index (χ0n) is 19.2. The molecule has 0 saturated carbocycles. The van der Waals surface area contributed by atoms with Crippen molar-refractivity contribution >= 4 is 22.5 Å². The fourth-order valence-electron chi connectivity index (χ4n) is 3.56. The first kappa shape index (κ1) is 24.8. The van der Waals surface area contributed by atoms with E-state index < -0.39 is 23.5 Å². The van der Waals surface area contributed by atoms with E-state index in [0.29, 0.717) is 51.7 Å². The van der Waals surface area contributed by atoms with E-state index in [1.165, 1.54) is 14.2 Å². The maximum absolute atomic E-state index is 13.5. The molecule has 1 N–H and O–H groups in total. The van der Waals surface area contributed by atoms with Gasteiger partial charge in [0.1, 0.15) is 17.3 Å². The van der Waals surface area contributed by atoms with Crippen molar-refractivity contribution in [1.82, 2.24) is 4.98 Å². The van der Waals surface area contributed by atoms with Gasteiger partial charge in [-0.05, 0) is 54.1 Å². The quantitative estimate of drug-likeness (QED) is 0.298. The topological polar surface area (TPSA) is 69.7 Å². The molecule has 0 aliphatic rings. The molecule has 4 rings (SSSR count). The van der Waals surface area contributed by atoms with Crippen LogP contribution >= 0.6 is 0 Å². The van der Waals surface area contributed by atoms with E-state index in [0.717, 1.165) is 6.07 Å². The van der Waals surface area contributed by atoms with E-state index in [4.69, 9.17) is 14.2 Å². The van der Waals surface area contributed by atoms with Crippen molar-refractivity contribution in [3.63, 3.8) is 0 Å². The van der Waals surface area contributed by atoms with Crippen LogP contribution in [0.4, 0.5) is 23.2 Å². The predicted molar refractivity (Wildman–Crippen MR) is 125 cm³/mol. The number of benzene rings is 3. The number of methoxy groups -OCH3 is 2. The lowest BCUT2D eigenvalue weighted by molar-refractivity contribution is -0.140. The average molecular weight is 500 g/mol. The minimum atomic E-state index is -4.84. The van der Waals surface area contributed by atoms with Crippen molar-refractivity contribution in [2.45, 2.75) is 12.6 Å². The Morgan fingerprint density at radius 1 is 0.917 bits per heavy atom. The normalized spacial score (nSPS) is 11.3. The molecule has 186 valence electrons. The van der Waals surface area contributed by atoms with Crippen LogP contribution in [0.2, 0.25) is 0 Å². The number of anilines is 1. The number of hydrogen-bond acceptors (Lipinski definition) is 5. The molecule has 0 atom stereocenters. The average Bonchev–Trinajstić information content (AvgIpc) is 2.85. The van der Waals surface area contributed by atoms with Gasteiger partial charge in [0.2, 0.25) is 5.91 Å². The smallest absolute Gasteiger partial charge is 0.419 e. The number of aromatic nitrogens is 1. The molecule has 10 heteroatoms. The number of hydrogen-bond donors (Lipinski definition) is 1. The summed E-state index contributed by atoms with van der Waals surface area (Å²) in [4.78, 5) is 16.6. The lowest BCUT2D eigenvalue weighted by Crippen LogP contribution is -2.15. The summed E-state index contributed by atoms with van der Waals surface area (Å²) in [5, 5.41) is 3.30. The third-order valence-corrected chi connectivity index (χ3v) is 5.27. The Hall–Kier alpha value is -4.34. The molecule has 0 saturated heterocycles. The Bertz CT molecular complexity index is 1410. The predicted octanol–water partition coefficient (Wildman–Crippen LogP) is 6.38. The fraction of sp³-hybridized carbons (Fsp3) is 0.154. The molecule has 0 aliphatic heterocycles. The molecular formula is C26H20F4N2O4. The molecule has 0 aliphatic carbocycles.